The van der Waals surface area contributed by atoms with Crippen LogP contribution in [0, 0.1) is 23.7 Å². The molecule has 0 N–H and O–H groups in total. The van der Waals surface area contributed by atoms with Gasteiger partial charge in [0.25, 0.3) is 0 Å². The van der Waals surface area contributed by atoms with Crippen molar-refractivity contribution in [3.63, 3.8) is 0 Å². The van der Waals surface area contributed by atoms with Crippen LogP contribution in [0.1, 0.15) is 77.6 Å². The fourth-order valence-electron chi connectivity index (χ4n) is 6.67. The molecule has 6 atom stereocenters. The second-order valence-corrected chi connectivity index (χ2v) is 8.21. The molecule has 0 aromatic heterocycles. The van der Waals surface area contributed by atoms with Gasteiger partial charge >= 0.3 is 0 Å². The molecule has 0 aromatic carbocycles. The Bertz CT molecular complexity index is 315. The third kappa shape index (κ3) is 2.07. The van der Waals surface area contributed by atoms with E-state index in [4.69, 9.17) is 0 Å². The molecule has 3 saturated carbocycles. The Morgan fingerprint density at radius 2 is 1.35 bits per heavy atom. The van der Waals surface area contributed by atoms with Crippen molar-refractivity contribution in [2.75, 3.05) is 6.54 Å². The van der Waals surface area contributed by atoms with Crippen molar-refractivity contribution >= 4 is 0 Å². The van der Waals surface area contributed by atoms with Gasteiger partial charge in [0.1, 0.15) is 0 Å². The number of likely N-dealkylation sites (tertiary alicyclic amines) is 1. The summed E-state index contributed by atoms with van der Waals surface area (Å²) in [5, 5.41) is 0. The highest BCUT2D eigenvalue weighted by atomic mass is 15.2. The number of nitrogens with zero attached hydrogens (tertiary/aromatic N) is 1. The van der Waals surface area contributed by atoms with Crippen molar-refractivity contribution in [2.45, 2.75) is 89.6 Å². The first-order valence-electron chi connectivity index (χ1n) is 9.66. The van der Waals surface area contributed by atoms with Crippen LogP contribution in [-0.2, 0) is 0 Å². The van der Waals surface area contributed by atoms with E-state index in [0.717, 1.165) is 35.8 Å². The second kappa shape index (κ2) is 5.63. The summed E-state index contributed by atoms with van der Waals surface area (Å²) in [5.74, 6) is 4.58. The van der Waals surface area contributed by atoms with Crippen molar-refractivity contribution in [1.29, 1.82) is 0 Å². The maximum Gasteiger partial charge on any atom is 0.0133 e. The normalized spacial score (nSPS) is 45.5. The number of hydrogen-bond acceptors (Lipinski definition) is 1. The molecule has 3 aliphatic carbocycles. The molecule has 20 heavy (non-hydrogen) atoms. The molecular formula is C19H33N. The van der Waals surface area contributed by atoms with Crippen LogP contribution in [0.3, 0.4) is 0 Å². The molecule has 1 aliphatic heterocycles. The molecule has 0 aromatic rings. The molecule has 0 bridgehead atoms. The molecule has 114 valence electrons. The summed E-state index contributed by atoms with van der Waals surface area (Å²) in [4.78, 5) is 3.02. The fraction of sp³-hybridized carbons (Fsp3) is 1.00. The Morgan fingerprint density at radius 1 is 0.750 bits per heavy atom. The number of hydrogen-bond donors (Lipinski definition) is 0. The lowest BCUT2D eigenvalue weighted by atomic mass is 9.90. The van der Waals surface area contributed by atoms with Crippen LogP contribution in [0.4, 0.5) is 0 Å². The molecule has 6 unspecified atom stereocenters. The number of unbranched alkanes of at least 4 members (excludes halogenated alkanes) is 5. The standard InChI is InChI=1S/C19H33N/c1-2-3-4-5-6-7-12-20-16-10-8-14-13-15-9-11-17(20)19(15)18(14)16/h14-19H,2-13H2,1H3. The van der Waals surface area contributed by atoms with Gasteiger partial charge in [-0.3, -0.25) is 4.90 Å². The van der Waals surface area contributed by atoms with E-state index in [0.29, 0.717) is 0 Å². The summed E-state index contributed by atoms with van der Waals surface area (Å²) in [7, 11) is 0. The highest BCUT2D eigenvalue weighted by Crippen LogP contribution is 2.63. The Balaban J connectivity index is 1.31. The van der Waals surface area contributed by atoms with Crippen LogP contribution < -0.4 is 0 Å². The van der Waals surface area contributed by atoms with E-state index in [2.05, 4.69) is 11.8 Å². The highest BCUT2D eigenvalue weighted by Gasteiger charge is 2.62. The Labute approximate surface area is 125 Å². The first-order chi connectivity index (χ1) is 9.90. The van der Waals surface area contributed by atoms with Gasteiger partial charge < -0.3 is 0 Å². The summed E-state index contributed by atoms with van der Waals surface area (Å²) >= 11 is 0. The topological polar surface area (TPSA) is 3.24 Å². The molecule has 0 radical (unpaired) electrons. The average molecular weight is 275 g/mol. The van der Waals surface area contributed by atoms with E-state index >= 15 is 0 Å². The minimum Gasteiger partial charge on any atom is -0.297 e. The van der Waals surface area contributed by atoms with Gasteiger partial charge in [-0.15, -0.1) is 0 Å². The molecule has 1 heteroatoms. The van der Waals surface area contributed by atoms with Crippen molar-refractivity contribution in [3.05, 3.63) is 0 Å². The quantitative estimate of drug-likeness (QED) is 0.600. The van der Waals surface area contributed by atoms with Gasteiger partial charge in [0.15, 0.2) is 0 Å². The summed E-state index contributed by atoms with van der Waals surface area (Å²) in [6.07, 6.45) is 16.6. The zero-order valence-electron chi connectivity index (χ0n) is 13.4. The Morgan fingerprint density at radius 3 is 2.00 bits per heavy atom. The molecule has 4 rings (SSSR count). The van der Waals surface area contributed by atoms with E-state index < -0.39 is 0 Å². The van der Waals surface area contributed by atoms with Gasteiger partial charge in [-0.05, 0) is 68.7 Å². The third-order valence-electron chi connectivity index (χ3n) is 7.32. The second-order valence-electron chi connectivity index (χ2n) is 8.21. The van der Waals surface area contributed by atoms with Gasteiger partial charge in [0, 0.05) is 12.1 Å². The van der Waals surface area contributed by atoms with Gasteiger partial charge in [-0.1, -0.05) is 39.0 Å². The van der Waals surface area contributed by atoms with Crippen molar-refractivity contribution in [1.82, 2.24) is 4.90 Å². The fourth-order valence-corrected chi connectivity index (χ4v) is 6.67. The van der Waals surface area contributed by atoms with Crippen molar-refractivity contribution in [2.24, 2.45) is 23.7 Å². The zero-order chi connectivity index (χ0) is 13.5. The van der Waals surface area contributed by atoms with Crippen molar-refractivity contribution < 1.29 is 0 Å². The molecule has 1 nitrogen and oxygen atoms in total. The Hall–Kier alpha value is -0.0400. The van der Waals surface area contributed by atoms with Crippen LogP contribution in [0.2, 0.25) is 0 Å². The van der Waals surface area contributed by atoms with Crippen LogP contribution >= 0.6 is 0 Å². The summed E-state index contributed by atoms with van der Waals surface area (Å²) in [6.45, 7) is 3.75. The summed E-state index contributed by atoms with van der Waals surface area (Å²) < 4.78 is 0. The smallest absolute Gasteiger partial charge is 0.0133 e. The molecule has 1 heterocycles. The first-order valence-corrected chi connectivity index (χ1v) is 9.66. The minimum atomic E-state index is 1.02. The van der Waals surface area contributed by atoms with Crippen LogP contribution in [0.25, 0.3) is 0 Å². The van der Waals surface area contributed by atoms with E-state index in [1.807, 2.05) is 0 Å². The highest BCUT2D eigenvalue weighted by molar-refractivity contribution is 5.14. The monoisotopic (exact) mass is 275 g/mol. The lowest BCUT2D eigenvalue weighted by molar-refractivity contribution is 0.175. The largest absolute Gasteiger partial charge is 0.297 e. The number of rotatable bonds is 7. The molecule has 0 amide bonds. The predicted molar refractivity (Wildman–Crippen MR) is 84.7 cm³/mol. The lowest BCUT2D eigenvalue weighted by Crippen LogP contribution is -2.37. The van der Waals surface area contributed by atoms with Gasteiger partial charge in [-0.25, -0.2) is 0 Å². The first kappa shape index (κ1) is 13.6. The predicted octanol–water partition coefficient (Wildman–Crippen LogP) is 4.86. The zero-order valence-corrected chi connectivity index (χ0v) is 13.4. The molecule has 0 spiro atoms. The third-order valence-corrected chi connectivity index (χ3v) is 7.32. The van der Waals surface area contributed by atoms with E-state index in [1.165, 1.54) is 45.1 Å². The molecule has 1 saturated heterocycles. The maximum atomic E-state index is 3.02. The van der Waals surface area contributed by atoms with Gasteiger partial charge in [-0.2, -0.15) is 0 Å². The van der Waals surface area contributed by atoms with E-state index in [9.17, 15) is 0 Å². The van der Waals surface area contributed by atoms with E-state index in [-0.39, 0.29) is 0 Å². The SMILES string of the molecule is CCCCCCCCN1C2CCC3CC4CCC1C4C32. The molecule has 4 fully saturated rings. The molecule has 4 aliphatic rings. The van der Waals surface area contributed by atoms with E-state index in [1.54, 1.807) is 32.1 Å². The average Bonchev–Trinajstić information content (AvgIpc) is 3.14. The molecular weight excluding hydrogens is 242 g/mol. The van der Waals surface area contributed by atoms with Gasteiger partial charge in [0.05, 0.1) is 0 Å². The lowest BCUT2D eigenvalue weighted by Gasteiger charge is -2.29. The van der Waals surface area contributed by atoms with Crippen LogP contribution in [-0.4, -0.2) is 23.5 Å². The summed E-state index contributed by atoms with van der Waals surface area (Å²) in [6, 6.07) is 2.05. The minimum absolute atomic E-state index is 1.02. The van der Waals surface area contributed by atoms with Crippen molar-refractivity contribution in [3.8, 4) is 0 Å². The summed E-state index contributed by atoms with van der Waals surface area (Å²) in [5.41, 5.74) is 0. The van der Waals surface area contributed by atoms with Gasteiger partial charge in [0.2, 0.25) is 0 Å². The maximum absolute atomic E-state index is 3.02. The van der Waals surface area contributed by atoms with Crippen LogP contribution in [0.5, 0.6) is 0 Å². The van der Waals surface area contributed by atoms with Crippen LogP contribution in [0.15, 0.2) is 0 Å². The Kier molecular flexibility index (Phi) is 3.83.